The zero-order valence-corrected chi connectivity index (χ0v) is 9.85. The lowest BCUT2D eigenvalue weighted by atomic mass is 10.1. The predicted octanol–water partition coefficient (Wildman–Crippen LogP) is 2.62. The summed E-state index contributed by atoms with van der Waals surface area (Å²) in [5, 5.41) is 9.34. The third-order valence-corrected chi connectivity index (χ3v) is 3.08. The highest BCUT2D eigenvalue weighted by molar-refractivity contribution is 7.99. The number of thioether (sulfide) groups is 1. The molecule has 0 amide bonds. The van der Waals surface area contributed by atoms with Crippen LogP contribution in [0.5, 0.6) is 5.75 Å². The van der Waals surface area contributed by atoms with Crippen LogP contribution in [0.4, 0.5) is 0 Å². The molecule has 0 radical (unpaired) electrons. The quantitative estimate of drug-likeness (QED) is 0.489. The normalized spacial score (nSPS) is 10.1. The van der Waals surface area contributed by atoms with Crippen molar-refractivity contribution in [1.82, 2.24) is 0 Å². The number of esters is 1. The van der Waals surface area contributed by atoms with Crippen molar-refractivity contribution in [1.29, 1.82) is 0 Å². The van der Waals surface area contributed by atoms with E-state index in [1.54, 1.807) is 12.1 Å². The average Bonchev–Trinajstić information content (AvgIpc) is 2.08. The highest BCUT2D eigenvalue weighted by Gasteiger charge is 2.06. The molecule has 4 heteroatoms. The molecule has 0 aliphatic carbocycles. The van der Waals surface area contributed by atoms with Crippen LogP contribution in [0.1, 0.15) is 18.1 Å². The first-order valence-corrected chi connectivity index (χ1v) is 5.55. The van der Waals surface area contributed by atoms with Gasteiger partial charge in [0.1, 0.15) is 11.7 Å². The van der Waals surface area contributed by atoms with Crippen LogP contribution >= 0.6 is 11.8 Å². The van der Waals surface area contributed by atoms with Crippen LogP contribution in [-0.2, 0) is 9.53 Å². The topological polar surface area (TPSA) is 46.5 Å². The van der Waals surface area contributed by atoms with E-state index >= 15 is 0 Å². The third-order valence-electron chi connectivity index (χ3n) is 1.91. The number of aromatic hydroxyl groups is 1. The van der Waals surface area contributed by atoms with Gasteiger partial charge in [-0.25, -0.2) is 0 Å². The minimum absolute atomic E-state index is 0.266. The molecule has 1 aromatic carbocycles. The van der Waals surface area contributed by atoms with Gasteiger partial charge in [-0.2, -0.15) is 0 Å². The number of hydrogen-bond donors (Lipinski definition) is 1. The van der Waals surface area contributed by atoms with Crippen LogP contribution in [0.15, 0.2) is 17.0 Å². The number of benzene rings is 1. The maximum atomic E-state index is 10.6. The third kappa shape index (κ3) is 3.47. The molecule has 1 N–H and O–H groups in total. The second-order valence-electron chi connectivity index (χ2n) is 3.31. The summed E-state index contributed by atoms with van der Waals surface area (Å²) in [5.41, 5.74) is 1.98. The summed E-state index contributed by atoms with van der Waals surface area (Å²) in [7, 11) is 0. The molecule has 0 aliphatic rings. The van der Waals surface area contributed by atoms with Crippen LogP contribution in [0.2, 0.25) is 0 Å². The zero-order chi connectivity index (χ0) is 11.4. The summed E-state index contributed by atoms with van der Waals surface area (Å²) in [5.74, 6) is 0.292. The van der Waals surface area contributed by atoms with Crippen molar-refractivity contribution in [2.75, 3.05) is 5.94 Å². The first kappa shape index (κ1) is 11.9. The van der Waals surface area contributed by atoms with E-state index < -0.39 is 0 Å². The van der Waals surface area contributed by atoms with E-state index in [1.807, 2.05) is 13.8 Å². The van der Waals surface area contributed by atoms with Crippen LogP contribution in [0, 0.1) is 13.8 Å². The molecule has 0 atom stereocenters. The van der Waals surface area contributed by atoms with Gasteiger partial charge < -0.3 is 9.84 Å². The van der Waals surface area contributed by atoms with E-state index in [9.17, 15) is 9.90 Å². The van der Waals surface area contributed by atoms with Crippen LogP contribution in [0.25, 0.3) is 0 Å². The molecule has 15 heavy (non-hydrogen) atoms. The zero-order valence-electron chi connectivity index (χ0n) is 9.03. The molecular formula is C11H14O3S. The largest absolute Gasteiger partial charge is 0.508 e. The molecule has 3 nitrogen and oxygen atoms in total. The summed E-state index contributed by atoms with van der Waals surface area (Å²) in [6, 6.07) is 3.40. The van der Waals surface area contributed by atoms with Crippen LogP contribution in [-0.4, -0.2) is 17.0 Å². The minimum atomic E-state index is -0.281. The molecule has 0 aromatic heterocycles. The second kappa shape index (κ2) is 5.07. The fourth-order valence-corrected chi connectivity index (χ4v) is 2.24. The molecule has 0 bridgehead atoms. The molecular weight excluding hydrogens is 212 g/mol. The van der Waals surface area contributed by atoms with E-state index in [2.05, 4.69) is 0 Å². The SMILES string of the molecule is CC(=O)OCSc1c(C)cc(O)cc1C. The lowest BCUT2D eigenvalue weighted by Gasteiger charge is -2.09. The maximum Gasteiger partial charge on any atom is 0.303 e. The van der Waals surface area contributed by atoms with E-state index in [0.717, 1.165) is 16.0 Å². The van der Waals surface area contributed by atoms with Gasteiger partial charge in [-0.15, -0.1) is 0 Å². The lowest BCUT2D eigenvalue weighted by Crippen LogP contribution is -1.98. The van der Waals surface area contributed by atoms with Crippen molar-refractivity contribution in [3.63, 3.8) is 0 Å². The van der Waals surface area contributed by atoms with Gasteiger partial charge in [-0.3, -0.25) is 4.79 Å². The van der Waals surface area contributed by atoms with Crippen molar-refractivity contribution in [2.24, 2.45) is 0 Å². The Morgan fingerprint density at radius 3 is 2.40 bits per heavy atom. The first-order valence-electron chi connectivity index (χ1n) is 4.57. The molecule has 0 spiro atoms. The van der Waals surface area contributed by atoms with Crippen molar-refractivity contribution in [3.8, 4) is 5.75 Å². The predicted molar refractivity (Wildman–Crippen MR) is 60.1 cm³/mol. The van der Waals surface area contributed by atoms with Crippen molar-refractivity contribution in [2.45, 2.75) is 25.7 Å². The second-order valence-corrected chi connectivity index (χ2v) is 4.24. The number of phenolic OH excluding ortho intramolecular Hbond substituents is 1. The van der Waals surface area contributed by atoms with Gasteiger partial charge in [-0.1, -0.05) is 11.8 Å². The van der Waals surface area contributed by atoms with Crippen LogP contribution in [0.3, 0.4) is 0 Å². The number of hydrogen-bond acceptors (Lipinski definition) is 4. The van der Waals surface area contributed by atoms with E-state index in [1.165, 1.54) is 18.7 Å². The smallest absolute Gasteiger partial charge is 0.303 e. The Balaban J connectivity index is 2.72. The number of carbonyl (C=O) groups is 1. The van der Waals surface area contributed by atoms with Gasteiger partial charge in [0.25, 0.3) is 0 Å². The first-order chi connectivity index (χ1) is 7.00. The summed E-state index contributed by atoms with van der Waals surface area (Å²) in [4.78, 5) is 11.6. The molecule has 0 heterocycles. The van der Waals surface area contributed by atoms with Crippen LogP contribution < -0.4 is 0 Å². The van der Waals surface area contributed by atoms with E-state index in [0.29, 0.717) is 5.94 Å². The number of aryl methyl sites for hydroxylation is 2. The van der Waals surface area contributed by atoms with Gasteiger partial charge in [0.05, 0.1) is 0 Å². The monoisotopic (exact) mass is 226 g/mol. The van der Waals surface area contributed by atoms with Gasteiger partial charge in [0.15, 0.2) is 0 Å². The van der Waals surface area contributed by atoms with Gasteiger partial charge >= 0.3 is 5.97 Å². The highest BCUT2D eigenvalue weighted by Crippen LogP contribution is 2.29. The fourth-order valence-electron chi connectivity index (χ4n) is 1.33. The molecule has 0 saturated carbocycles. The Kier molecular flexibility index (Phi) is 4.03. The standard InChI is InChI=1S/C11H14O3S/c1-7-4-10(13)5-8(2)11(7)15-6-14-9(3)12/h4-5,13H,6H2,1-3H3. The minimum Gasteiger partial charge on any atom is -0.508 e. The summed E-state index contributed by atoms with van der Waals surface area (Å²) < 4.78 is 4.85. The van der Waals surface area contributed by atoms with Crippen molar-refractivity contribution in [3.05, 3.63) is 23.3 Å². The molecule has 0 fully saturated rings. The Hall–Kier alpha value is -1.16. The number of carbonyl (C=O) groups excluding carboxylic acids is 1. The summed E-state index contributed by atoms with van der Waals surface area (Å²) in [6.07, 6.45) is 0. The number of rotatable bonds is 3. The van der Waals surface area contributed by atoms with Crippen molar-refractivity contribution >= 4 is 17.7 Å². The Morgan fingerprint density at radius 2 is 1.93 bits per heavy atom. The average molecular weight is 226 g/mol. The number of ether oxygens (including phenoxy) is 1. The molecule has 0 aliphatic heterocycles. The number of phenols is 1. The van der Waals surface area contributed by atoms with Gasteiger partial charge in [0.2, 0.25) is 0 Å². The Bertz CT molecular complexity index is 351. The molecule has 1 rings (SSSR count). The van der Waals surface area contributed by atoms with E-state index in [-0.39, 0.29) is 11.7 Å². The van der Waals surface area contributed by atoms with Crippen molar-refractivity contribution < 1.29 is 14.6 Å². The summed E-state index contributed by atoms with van der Waals surface area (Å²) in [6.45, 7) is 5.22. The molecule has 82 valence electrons. The Morgan fingerprint density at radius 1 is 1.40 bits per heavy atom. The molecule has 1 aromatic rings. The maximum absolute atomic E-state index is 10.6. The lowest BCUT2D eigenvalue weighted by molar-refractivity contribution is -0.138. The summed E-state index contributed by atoms with van der Waals surface area (Å²) >= 11 is 1.46. The van der Waals surface area contributed by atoms with Gasteiger partial charge in [-0.05, 0) is 37.1 Å². The molecule has 0 saturated heterocycles. The van der Waals surface area contributed by atoms with E-state index in [4.69, 9.17) is 4.74 Å². The molecule has 0 unspecified atom stereocenters. The Labute approximate surface area is 93.4 Å². The highest BCUT2D eigenvalue weighted by atomic mass is 32.2. The fraction of sp³-hybridized carbons (Fsp3) is 0.364. The van der Waals surface area contributed by atoms with Gasteiger partial charge in [0, 0.05) is 11.8 Å².